The third-order valence-electron chi connectivity index (χ3n) is 5.20. The zero-order valence-corrected chi connectivity index (χ0v) is 18.2. The smallest absolute Gasteiger partial charge is 0.271 e. The first-order chi connectivity index (χ1) is 15.4. The van der Waals surface area contributed by atoms with Crippen LogP contribution in [0.5, 0.6) is 0 Å². The largest absolute Gasteiger partial charge is 0.352 e. The van der Waals surface area contributed by atoms with Crippen LogP contribution in [0.4, 0.5) is 11.5 Å². The maximum Gasteiger partial charge on any atom is 0.271 e. The average Bonchev–Trinajstić information content (AvgIpc) is 2.80. The highest BCUT2D eigenvalue weighted by molar-refractivity contribution is 6.30. The predicted molar refractivity (Wildman–Crippen MR) is 124 cm³/mol. The molecule has 1 saturated heterocycles. The van der Waals surface area contributed by atoms with Crippen LogP contribution in [0.15, 0.2) is 65.5 Å². The van der Waals surface area contributed by atoms with Crippen LogP contribution < -0.4 is 15.8 Å². The molecule has 4 rings (SSSR count). The minimum atomic E-state index is -0.229. The molecular formula is C23H22ClN5O3. The van der Waals surface area contributed by atoms with Gasteiger partial charge in [-0.05, 0) is 54.6 Å². The van der Waals surface area contributed by atoms with Gasteiger partial charge in [0.15, 0.2) is 0 Å². The van der Waals surface area contributed by atoms with Crippen molar-refractivity contribution in [3.05, 3.63) is 81.6 Å². The molecule has 1 fully saturated rings. The molecule has 0 radical (unpaired) electrons. The van der Waals surface area contributed by atoms with Crippen molar-refractivity contribution in [3.63, 3.8) is 0 Å². The van der Waals surface area contributed by atoms with Gasteiger partial charge in [0.05, 0.1) is 5.69 Å². The van der Waals surface area contributed by atoms with Crippen molar-refractivity contribution >= 4 is 34.9 Å². The Labute approximate surface area is 190 Å². The normalized spacial score (nSPS) is 13.7. The number of piperazine rings is 1. The van der Waals surface area contributed by atoms with E-state index in [1.807, 2.05) is 0 Å². The van der Waals surface area contributed by atoms with Gasteiger partial charge in [-0.2, -0.15) is 4.68 Å². The highest BCUT2D eigenvalue weighted by atomic mass is 35.5. The molecule has 9 heteroatoms. The second-order valence-electron chi connectivity index (χ2n) is 7.46. The fraction of sp³-hybridized carbons (Fsp3) is 0.217. The van der Waals surface area contributed by atoms with Crippen molar-refractivity contribution in [3.8, 4) is 5.69 Å². The van der Waals surface area contributed by atoms with E-state index in [1.54, 1.807) is 59.5 Å². The van der Waals surface area contributed by atoms with Crippen LogP contribution in [0.3, 0.4) is 0 Å². The highest BCUT2D eigenvalue weighted by Gasteiger charge is 2.23. The molecule has 0 aliphatic carbocycles. The molecule has 0 unspecified atom stereocenters. The van der Waals surface area contributed by atoms with Crippen LogP contribution in [-0.4, -0.2) is 52.7 Å². The Bertz CT molecular complexity index is 1180. The Morgan fingerprint density at radius 3 is 2.19 bits per heavy atom. The average molecular weight is 452 g/mol. The van der Waals surface area contributed by atoms with E-state index in [0.29, 0.717) is 54.0 Å². The van der Waals surface area contributed by atoms with E-state index in [2.05, 4.69) is 15.3 Å². The molecule has 32 heavy (non-hydrogen) atoms. The number of hydrogen-bond acceptors (Lipinski definition) is 5. The summed E-state index contributed by atoms with van der Waals surface area (Å²) in [5, 5.41) is 7.78. The number of carbonyl (C=O) groups is 2. The summed E-state index contributed by atoms with van der Waals surface area (Å²) < 4.78 is 1.35. The first-order valence-electron chi connectivity index (χ1n) is 10.2. The summed E-state index contributed by atoms with van der Waals surface area (Å²) in [4.78, 5) is 40.1. The fourth-order valence-electron chi connectivity index (χ4n) is 3.56. The standard InChI is InChI=1S/C23H22ClN5O3/c1-16(30)25-19-6-2-17(3-7-19)23(32)28-14-12-27(13-15-28)21-10-11-22(31)29(26-21)20-8-4-18(24)5-9-20/h2-11H,12-15H2,1H3,(H,25,30). The number of anilines is 2. The quantitative estimate of drug-likeness (QED) is 0.659. The van der Waals surface area contributed by atoms with Gasteiger partial charge in [-0.3, -0.25) is 14.4 Å². The lowest BCUT2D eigenvalue weighted by molar-refractivity contribution is -0.114. The Morgan fingerprint density at radius 1 is 0.906 bits per heavy atom. The van der Waals surface area contributed by atoms with Crippen molar-refractivity contribution in [2.75, 3.05) is 36.4 Å². The maximum absolute atomic E-state index is 12.8. The van der Waals surface area contributed by atoms with E-state index < -0.39 is 0 Å². The molecular weight excluding hydrogens is 430 g/mol. The van der Waals surface area contributed by atoms with Gasteiger partial charge in [0.1, 0.15) is 5.82 Å². The molecule has 2 amide bonds. The molecule has 1 aliphatic heterocycles. The molecule has 3 aromatic rings. The first kappa shape index (κ1) is 21.6. The van der Waals surface area contributed by atoms with Gasteiger partial charge in [0.25, 0.3) is 11.5 Å². The monoisotopic (exact) mass is 451 g/mol. The fourth-order valence-corrected chi connectivity index (χ4v) is 3.68. The molecule has 2 heterocycles. The van der Waals surface area contributed by atoms with Crippen LogP contribution in [0.1, 0.15) is 17.3 Å². The van der Waals surface area contributed by atoms with Gasteiger partial charge >= 0.3 is 0 Å². The van der Waals surface area contributed by atoms with Crippen LogP contribution in [-0.2, 0) is 4.79 Å². The summed E-state index contributed by atoms with van der Waals surface area (Å²) in [6.45, 7) is 3.71. The number of benzene rings is 2. The van der Waals surface area contributed by atoms with Gasteiger partial charge < -0.3 is 15.1 Å². The zero-order chi connectivity index (χ0) is 22.7. The number of amides is 2. The molecule has 8 nitrogen and oxygen atoms in total. The number of nitrogens with zero attached hydrogens (tertiary/aromatic N) is 4. The summed E-state index contributed by atoms with van der Waals surface area (Å²) in [5.41, 5.74) is 1.63. The summed E-state index contributed by atoms with van der Waals surface area (Å²) in [6, 6.07) is 17.0. The van der Waals surface area contributed by atoms with Gasteiger partial charge in [-0.25, -0.2) is 0 Å². The lowest BCUT2D eigenvalue weighted by atomic mass is 10.1. The lowest BCUT2D eigenvalue weighted by Crippen LogP contribution is -2.49. The molecule has 0 spiro atoms. The Kier molecular flexibility index (Phi) is 6.23. The van der Waals surface area contributed by atoms with Crippen molar-refractivity contribution < 1.29 is 9.59 Å². The molecule has 2 aromatic carbocycles. The highest BCUT2D eigenvalue weighted by Crippen LogP contribution is 2.17. The summed E-state index contributed by atoms with van der Waals surface area (Å²) >= 11 is 5.94. The van der Waals surface area contributed by atoms with Crippen LogP contribution in [0.2, 0.25) is 5.02 Å². The Hall–Kier alpha value is -3.65. The molecule has 1 aliphatic rings. The molecule has 1 N–H and O–H groups in total. The summed E-state index contributed by atoms with van der Waals surface area (Å²) in [6.07, 6.45) is 0. The van der Waals surface area contributed by atoms with E-state index in [-0.39, 0.29) is 17.4 Å². The molecule has 0 saturated carbocycles. The summed E-state index contributed by atoms with van der Waals surface area (Å²) in [7, 11) is 0. The number of carbonyl (C=O) groups excluding carboxylic acids is 2. The number of hydrogen-bond donors (Lipinski definition) is 1. The van der Waals surface area contributed by atoms with E-state index in [0.717, 1.165) is 0 Å². The molecule has 1 aromatic heterocycles. The lowest BCUT2D eigenvalue weighted by Gasteiger charge is -2.35. The number of nitrogens with one attached hydrogen (secondary N) is 1. The van der Waals surface area contributed by atoms with Crippen LogP contribution >= 0.6 is 11.6 Å². The molecule has 0 bridgehead atoms. The topological polar surface area (TPSA) is 87.5 Å². The van der Waals surface area contributed by atoms with Gasteiger partial charge in [0.2, 0.25) is 5.91 Å². The zero-order valence-electron chi connectivity index (χ0n) is 17.5. The second kappa shape index (κ2) is 9.23. The van der Waals surface area contributed by atoms with Gasteiger partial charge in [0, 0.05) is 55.4 Å². The summed E-state index contributed by atoms with van der Waals surface area (Å²) in [5.74, 6) is 0.459. The third-order valence-corrected chi connectivity index (χ3v) is 5.45. The van der Waals surface area contributed by atoms with E-state index in [9.17, 15) is 14.4 Å². The Balaban J connectivity index is 1.43. The van der Waals surface area contributed by atoms with Crippen LogP contribution in [0.25, 0.3) is 5.69 Å². The van der Waals surface area contributed by atoms with Crippen molar-refractivity contribution in [1.29, 1.82) is 0 Å². The van der Waals surface area contributed by atoms with E-state index in [1.165, 1.54) is 17.7 Å². The van der Waals surface area contributed by atoms with Gasteiger partial charge in [-0.15, -0.1) is 5.10 Å². The minimum Gasteiger partial charge on any atom is -0.352 e. The van der Waals surface area contributed by atoms with Crippen molar-refractivity contribution in [2.24, 2.45) is 0 Å². The first-order valence-corrected chi connectivity index (χ1v) is 10.6. The number of halogens is 1. The number of rotatable bonds is 4. The Morgan fingerprint density at radius 2 is 1.56 bits per heavy atom. The van der Waals surface area contributed by atoms with E-state index in [4.69, 9.17) is 11.6 Å². The molecule has 0 atom stereocenters. The van der Waals surface area contributed by atoms with Crippen molar-refractivity contribution in [1.82, 2.24) is 14.7 Å². The van der Waals surface area contributed by atoms with Crippen molar-refractivity contribution in [2.45, 2.75) is 6.92 Å². The SMILES string of the molecule is CC(=O)Nc1ccc(C(=O)N2CCN(c3ccc(=O)n(-c4ccc(Cl)cc4)n3)CC2)cc1. The van der Waals surface area contributed by atoms with Gasteiger partial charge in [-0.1, -0.05) is 11.6 Å². The number of aromatic nitrogens is 2. The minimum absolute atomic E-state index is 0.0573. The van der Waals surface area contributed by atoms with E-state index >= 15 is 0 Å². The predicted octanol–water partition coefficient (Wildman–Crippen LogP) is 2.81. The second-order valence-corrected chi connectivity index (χ2v) is 7.89. The molecule has 164 valence electrons. The maximum atomic E-state index is 12.8. The third kappa shape index (κ3) is 4.81. The van der Waals surface area contributed by atoms with Crippen LogP contribution in [0, 0.1) is 0 Å².